The lowest BCUT2D eigenvalue weighted by molar-refractivity contribution is -0.115. The number of nitrogens with one attached hydrogen (secondary N) is 1. The fraction of sp³-hybridized carbons (Fsp3) is 0.667. The molecule has 1 amide bonds. The fourth-order valence-electron chi connectivity index (χ4n) is 1.23. The van der Waals surface area contributed by atoms with E-state index in [1.165, 1.54) is 6.42 Å². The lowest BCUT2D eigenvalue weighted by Crippen LogP contribution is -2.24. The molecule has 2 nitrogen and oxygen atoms in total. The van der Waals surface area contributed by atoms with Crippen molar-refractivity contribution < 1.29 is 4.79 Å². The van der Waals surface area contributed by atoms with Crippen LogP contribution in [0.3, 0.4) is 0 Å². The molecule has 0 radical (unpaired) electrons. The van der Waals surface area contributed by atoms with E-state index in [2.05, 4.69) is 45.8 Å². The van der Waals surface area contributed by atoms with Gasteiger partial charge >= 0.3 is 0 Å². The second-order valence-corrected chi connectivity index (χ2v) is 4.22. The van der Waals surface area contributed by atoms with Gasteiger partial charge in [-0.1, -0.05) is 13.8 Å². The first-order valence-electron chi connectivity index (χ1n) is 3.96. The van der Waals surface area contributed by atoms with Gasteiger partial charge in [0.05, 0.1) is 0 Å². The van der Waals surface area contributed by atoms with Crippen LogP contribution in [0.15, 0.2) is 0 Å². The van der Waals surface area contributed by atoms with Crippen LogP contribution in [0, 0.1) is 22.1 Å². The van der Waals surface area contributed by atoms with E-state index < -0.39 is 0 Å². The standard InChI is InChI=1S/C9H12BrNO/c1-9(2)5-7(9)6-11-8(12)3-4-10/h7H,5-6H2,1-2H3,(H,11,12). The molecule has 1 saturated carbocycles. The summed E-state index contributed by atoms with van der Waals surface area (Å²) in [4.78, 5) is 13.3. The van der Waals surface area contributed by atoms with Gasteiger partial charge in [-0.05, 0) is 22.6 Å². The van der Waals surface area contributed by atoms with Crippen LogP contribution >= 0.6 is 15.9 Å². The van der Waals surface area contributed by atoms with Crippen LogP contribution in [0.2, 0.25) is 0 Å². The molecule has 1 atom stereocenters. The Morgan fingerprint density at radius 3 is 2.75 bits per heavy atom. The maximum absolute atomic E-state index is 10.9. The first kappa shape index (κ1) is 9.60. The smallest absolute Gasteiger partial charge is 0.296 e. The maximum Gasteiger partial charge on any atom is 0.296 e. The summed E-state index contributed by atoms with van der Waals surface area (Å²) in [5, 5.41) is 2.76. The maximum atomic E-state index is 10.9. The Bertz CT molecular complexity index is 249. The molecule has 12 heavy (non-hydrogen) atoms. The van der Waals surface area contributed by atoms with Gasteiger partial charge in [0.25, 0.3) is 5.91 Å². The first-order chi connectivity index (χ1) is 5.56. The summed E-state index contributed by atoms with van der Waals surface area (Å²) in [6.45, 7) is 5.17. The average Bonchev–Trinajstić information content (AvgIpc) is 2.56. The molecule has 0 aromatic carbocycles. The van der Waals surface area contributed by atoms with Crippen molar-refractivity contribution in [2.24, 2.45) is 11.3 Å². The van der Waals surface area contributed by atoms with Gasteiger partial charge in [0.2, 0.25) is 0 Å². The predicted molar refractivity (Wildman–Crippen MR) is 51.6 cm³/mol. The van der Waals surface area contributed by atoms with Gasteiger partial charge in [0, 0.05) is 28.4 Å². The Morgan fingerprint density at radius 1 is 1.75 bits per heavy atom. The largest absolute Gasteiger partial charge is 0.345 e. The number of amides is 1. The first-order valence-corrected chi connectivity index (χ1v) is 4.75. The van der Waals surface area contributed by atoms with Crippen molar-refractivity contribution in [3.05, 3.63) is 0 Å². The minimum atomic E-state index is -0.199. The lowest BCUT2D eigenvalue weighted by atomic mass is 10.1. The van der Waals surface area contributed by atoms with Crippen molar-refractivity contribution in [2.45, 2.75) is 20.3 Å². The minimum absolute atomic E-state index is 0.199. The highest BCUT2D eigenvalue weighted by atomic mass is 79.9. The van der Waals surface area contributed by atoms with E-state index in [4.69, 9.17) is 0 Å². The third-order valence-electron chi connectivity index (χ3n) is 2.39. The third kappa shape index (κ3) is 2.53. The molecule has 1 rings (SSSR count). The molecule has 0 heterocycles. The Morgan fingerprint density at radius 2 is 2.33 bits per heavy atom. The summed E-state index contributed by atoms with van der Waals surface area (Å²) in [6.07, 6.45) is 1.20. The average molecular weight is 230 g/mol. The Hall–Kier alpha value is -0.490. The van der Waals surface area contributed by atoms with Crippen LogP contribution in [-0.2, 0) is 4.79 Å². The number of carbonyl (C=O) groups is 1. The Kier molecular flexibility index (Phi) is 2.79. The van der Waals surface area contributed by atoms with E-state index in [0.717, 1.165) is 6.54 Å². The molecule has 0 spiro atoms. The van der Waals surface area contributed by atoms with Crippen molar-refractivity contribution in [2.75, 3.05) is 6.54 Å². The predicted octanol–water partition coefficient (Wildman–Crippen LogP) is 1.50. The van der Waals surface area contributed by atoms with Gasteiger partial charge in [-0.25, -0.2) is 0 Å². The molecule has 0 saturated heterocycles. The molecule has 0 aliphatic heterocycles. The monoisotopic (exact) mass is 229 g/mol. The molecule has 1 fully saturated rings. The van der Waals surface area contributed by atoms with E-state index in [0.29, 0.717) is 11.3 Å². The normalized spacial score (nSPS) is 23.8. The summed E-state index contributed by atoms with van der Waals surface area (Å²) in [6, 6.07) is 0. The number of rotatable bonds is 2. The molecule has 3 heteroatoms. The number of carbonyl (C=O) groups excluding carboxylic acids is 1. The van der Waals surface area contributed by atoms with Crippen molar-refractivity contribution in [1.82, 2.24) is 5.32 Å². The van der Waals surface area contributed by atoms with Crippen molar-refractivity contribution in [1.29, 1.82) is 0 Å². The molecule has 1 aliphatic carbocycles. The van der Waals surface area contributed by atoms with Crippen LogP contribution in [0.25, 0.3) is 0 Å². The lowest BCUT2D eigenvalue weighted by Gasteiger charge is -2.02. The third-order valence-corrected chi connectivity index (χ3v) is 2.59. The minimum Gasteiger partial charge on any atom is -0.345 e. The van der Waals surface area contributed by atoms with Gasteiger partial charge in [0.1, 0.15) is 0 Å². The van der Waals surface area contributed by atoms with Crippen LogP contribution < -0.4 is 5.32 Å². The van der Waals surface area contributed by atoms with Gasteiger partial charge in [-0.3, -0.25) is 4.79 Å². The van der Waals surface area contributed by atoms with E-state index in [1.807, 2.05) is 0 Å². The topological polar surface area (TPSA) is 29.1 Å². The summed E-state index contributed by atoms with van der Waals surface area (Å²) < 4.78 is 0. The number of hydrogen-bond donors (Lipinski definition) is 1. The molecular formula is C9H12BrNO. The number of halogens is 1. The summed E-state index contributed by atoms with van der Waals surface area (Å²) >= 11 is 2.87. The van der Waals surface area contributed by atoms with Crippen molar-refractivity contribution in [3.63, 3.8) is 0 Å². The zero-order chi connectivity index (χ0) is 9.19. The van der Waals surface area contributed by atoms with Crippen LogP contribution in [-0.4, -0.2) is 12.5 Å². The number of hydrogen-bond acceptors (Lipinski definition) is 1. The molecule has 0 aromatic rings. The summed E-state index contributed by atoms with van der Waals surface area (Å²) in [5.74, 6) is 2.81. The second kappa shape index (κ2) is 3.49. The van der Waals surface area contributed by atoms with Gasteiger partial charge < -0.3 is 5.32 Å². The molecule has 1 aliphatic rings. The van der Waals surface area contributed by atoms with Gasteiger partial charge in [-0.15, -0.1) is 0 Å². The summed E-state index contributed by atoms with van der Waals surface area (Å²) in [5.41, 5.74) is 0.426. The fourth-order valence-corrected chi connectivity index (χ4v) is 1.41. The Balaban J connectivity index is 2.18. The molecule has 0 aromatic heterocycles. The molecule has 66 valence electrons. The van der Waals surface area contributed by atoms with Crippen molar-refractivity contribution >= 4 is 21.8 Å². The van der Waals surface area contributed by atoms with Gasteiger partial charge in [0.15, 0.2) is 0 Å². The van der Waals surface area contributed by atoms with E-state index in [1.54, 1.807) is 0 Å². The van der Waals surface area contributed by atoms with Crippen molar-refractivity contribution in [3.8, 4) is 10.8 Å². The van der Waals surface area contributed by atoms with Crippen LogP contribution in [0.1, 0.15) is 20.3 Å². The quantitative estimate of drug-likeness (QED) is 0.715. The summed E-state index contributed by atoms with van der Waals surface area (Å²) in [7, 11) is 0. The highest BCUT2D eigenvalue weighted by Crippen LogP contribution is 2.50. The second-order valence-electron chi connectivity index (χ2n) is 3.82. The van der Waals surface area contributed by atoms with Crippen LogP contribution in [0.4, 0.5) is 0 Å². The SMILES string of the molecule is CC1(C)CC1CNC(=O)C#CBr. The highest BCUT2D eigenvalue weighted by molar-refractivity contribution is 9.12. The zero-order valence-electron chi connectivity index (χ0n) is 7.28. The Labute approximate surface area is 81.2 Å². The molecule has 1 N–H and O–H groups in total. The van der Waals surface area contributed by atoms with E-state index in [-0.39, 0.29) is 5.91 Å². The van der Waals surface area contributed by atoms with Gasteiger partial charge in [-0.2, -0.15) is 0 Å². The molecule has 0 bridgehead atoms. The van der Waals surface area contributed by atoms with E-state index >= 15 is 0 Å². The zero-order valence-corrected chi connectivity index (χ0v) is 8.86. The van der Waals surface area contributed by atoms with Crippen LogP contribution in [0.5, 0.6) is 0 Å². The molecular weight excluding hydrogens is 218 g/mol. The highest BCUT2D eigenvalue weighted by Gasteiger charge is 2.45. The van der Waals surface area contributed by atoms with E-state index in [9.17, 15) is 4.79 Å². The molecule has 1 unspecified atom stereocenters.